The van der Waals surface area contributed by atoms with Gasteiger partial charge < -0.3 is 0 Å². The maximum atomic E-state index is 6.20. The van der Waals surface area contributed by atoms with Crippen molar-refractivity contribution in [3.8, 4) is 22.1 Å². The molecule has 20 heavy (non-hydrogen) atoms. The molecule has 0 N–H and O–H groups in total. The average molecular weight is 389 g/mol. The summed E-state index contributed by atoms with van der Waals surface area (Å²) in [7, 11) is 1.85. The first-order valence-electron chi connectivity index (χ1n) is 5.67. The van der Waals surface area contributed by atoms with Crippen LogP contribution in [0.5, 0.6) is 0 Å². The number of hydrogen-bond acceptors (Lipinski definition) is 3. The molecule has 0 aliphatic rings. The summed E-state index contributed by atoms with van der Waals surface area (Å²) < 4.78 is 2.78. The lowest BCUT2D eigenvalue weighted by atomic mass is 10.2. The number of rotatable bonds is 2. The number of aromatic nitrogens is 3. The average Bonchev–Trinajstić information content (AvgIpc) is 2.96. The van der Waals surface area contributed by atoms with Gasteiger partial charge >= 0.3 is 0 Å². The van der Waals surface area contributed by atoms with Crippen LogP contribution in [0, 0.1) is 0 Å². The van der Waals surface area contributed by atoms with Gasteiger partial charge in [-0.05, 0) is 40.2 Å². The van der Waals surface area contributed by atoms with Gasteiger partial charge in [-0.3, -0.25) is 0 Å². The van der Waals surface area contributed by atoms with Crippen LogP contribution in [-0.2, 0) is 7.05 Å². The Hall–Kier alpha value is -0.880. The van der Waals surface area contributed by atoms with Crippen molar-refractivity contribution in [2.75, 3.05) is 0 Å². The summed E-state index contributed by atoms with van der Waals surface area (Å²) >= 11 is 17.4. The van der Waals surface area contributed by atoms with Gasteiger partial charge in [-0.2, -0.15) is 5.10 Å². The van der Waals surface area contributed by atoms with Gasteiger partial charge in [0.25, 0.3) is 0 Å². The minimum absolute atomic E-state index is 0.530. The van der Waals surface area contributed by atoms with Gasteiger partial charge in [-0.1, -0.05) is 29.3 Å². The molecule has 0 spiro atoms. The molecule has 0 saturated carbocycles. The quantitative estimate of drug-likeness (QED) is 0.597. The molecule has 0 aliphatic carbocycles. The predicted molar refractivity (Wildman–Crippen MR) is 87.5 cm³/mol. The zero-order valence-corrected chi connectivity index (χ0v) is 14.2. The smallest absolute Gasteiger partial charge is 0.184 e. The summed E-state index contributed by atoms with van der Waals surface area (Å²) in [5, 5.41) is 5.50. The Kier molecular flexibility index (Phi) is 3.86. The fraction of sp³-hybridized carbons (Fsp3) is 0.0769. The van der Waals surface area contributed by atoms with E-state index in [1.807, 2.05) is 19.2 Å². The topological polar surface area (TPSA) is 30.7 Å². The van der Waals surface area contributed by atoms with E-state index in [-0.39, 0.29) is 0 Å². The molecule has 0 saturated heterocycles. The summed E-state index contributed by atoms with van der Waals surface area (Å²) in [6, 6.07) is 9.34. The van der Waals surface area contributed by atoms with Gasteiger partial charge in [0.1, 0.15) is 0 Å². The summed E-state index contributed by atoms with van der Waals surface area (Å²) in [5.41, 5.74) is 0.660. The Morgan fingerprint density at radius 3 is 2.45 bits per heavy atom. The Morgan fingerprint density at radius 1 is 1.15 bits per heavy atom. The van der Waals surface area contributed by atoms with E-state index in [9.17, 15) is 0 Å². The van der Waals surface area contributed by atoms with Gasteiger partial charge in [-0.15, -0.1) is 11.3 Å². The Bertz CT molecular complexity index is 762. The Balaban J connectivity index is 2.14. The number of nitrogens with zero attached hydrogens (tertiary/aromatic N) is 3. The fourth-order valence-electron chi connectivity index (χ4n) is 1.85. The van der Waals surface area contributed by atoms with Crippen molar-refractivity contribution in [2.24, 2.45) is 7.05 Å². The molecule has 0 radical (unpaired) electrons. The lowest BCUT2D eigenvalue weighted by molar-refractivity contribution is 0.779. The van der Waals surface area contributed by atoms with Crippen LogP contribution in [0.25, 0.3) is 22.1 Å². The van der Waals surface area contributed by atoms with Crippen LogP contribution in [0.4, 0.5) is 0 Å². The number of hydrogen-bond donors (Lipinski definition) is 0. The molecule has 1 aromatic carbocycles. The van der Waals surface area contributed by atoms with Crippen molar-refractivity contribution in [3.63, 3.8) is 0 Å². The van der Waals surface area contributed by atoms with Gasteiger partial charge in [0, 0.05) is 7.05 Å². The first-order chi connectivity index (χ1) is 9.56. The van der Waals surface area contributed by atoms with Crippen molar-refractivity contribution in [1.82, 2.24) is 14.8 Å². The maximum Gasteiger partial charge on any atom is 0.184 e. The molecule has 3 aromatic rings. The van der Waals surface area contributed by atoms with Crippen molar-refractivity contribution in [3.05, 3.63) is 44.2 Å². The zero-order chi connectivity index (χ0) is 14.3. The van der Waals surface area contributed by atoms with Crippen LogP contribution in [0.3, 0.4) is 0 Å². The van der Waals surface area contributed by atoms with E-state index in [4.69, 9.17) is 23.2 Å². The maximum absolute atomic E-state index is 6.20. The van der Waals surface area contributed by atoms with Gasteiger partial charge in [-0.25, -0.2) is 9.67 Å². The number of aryl methyl sites for hydroxylation is 1. The van der Waals surface area contributed by atoms with Gasteiger partial charge in [0.05, 0.1) is 24.3 Å². The lowest BCUT2D eigenvalue weighted by Gasteiger charge is -2.01. The van der Waals surface area contributed by atoms with Crippen molar-refractivity contribution in [1.29, 1.82) is 0 Å². The van der Waals surface area contributed by atoms with E-state index in [0.717, 1.165) is 14.5 Å². The fourth-order valence-corrected chi connectivity index (χ4v) is 3.82. The van der Waals surface area contributed by atoms with Crippen LogP contribution in [0.15, 0.2) is 34.1 Å². The summed E-state index contributed by atoms with van der Waals surface area (Å²) in [5.74, 6) is 1.31. The van der Waals surface area contributed by atoms with Crippen molar-refractivity contribution < 1.29 is 0 Å². The standard InChI is InChI=1S/C13H8BrCl2N3S/c1-19-13(9-5-6-10(14)20-9)17-12(18-19)11-7(15)3-2-4-8(11)16/h2-6H,1H3. The molecule has 0 bridgehead atoms. The minimum atomic E-state index is 0.530. The Morgan fingerprint density at radius 2 is 1.85 bits per heavy atom. The van der Waals surface area contributed by atoms with Gasteiger partial charge in [0.2, 0.25) is 0 Å². The summed E-state index contributed by atoms with van der Waals surface area (Å²) in [6.07, 6.45) is 0. The molecule has 2 aromatic heterocycles. The second-order valence-electron chi connectivity index (χ2n) is 4.08. The molecule has 102 valence electrons. The lowest BCUT2D eigenvalue weighted by Crippen LogP contribution is -1.92. The number of benzene rings is 1. The first kappa shape index (κ1) is 14.1. The number of halogens is 3. The predicted octanol–water partition coefficient (Wildman–Crippen LogP) is 5.28. The SMILES string of the molecule is Cn1nc(-c2c(Cl)cccc2Cl)nc1-c1ccc(Br)s1. The molecular formula is C13H8BrCl2N3S. The highest BCUT2D eigenvalue weighted by Gasteiger charge is 2.17. The molecule has 0 atom stereocenters. The van der Waals surface area contributed by atoms with E-state index in [0.29, 0.717) is 21.4 Å². The van der Waals surface area contributed by atoms with Gasteiger partial charge in [0.15, 0.2) is 11.6 Å². The highest BCUT2D eigenvalue weighted by atomic mass is 79.9. The molecule has 3 nitrogen and oxygen atoms in total. The highest BCUT2D eigenvalue weighted by Crippen LogP contribution is 2.35. The van der Waals surface area contributed by atoms with E-state index in [1.165, 1.54) is 0 Å². The summed E-state index contributed by atoms with van der Waals surface area (Å²) in [4.78, 5) is 5.59. The minimum Gasteiger partial charge on any atom is -0.248 e. The molecule has 7 heteroatoms. The van der Waals surface area contributed by atoms with Crippen LogP contribution < -0.4 is 0 Å². The third-order valence-corrected chi connectivity index (χ3v) is 4.99. The third-order valence-electron chi connectivity index (χ3n) is 2.74. The molecule has 0 fully saturated rings. The second-order valence-corrected chi connectivity index (χ2v) is 7.36. The molecule has 2 heterocycles. The first-order valence-corrected chi connectivity index (χ1v) is 8.04. The zero-order valence-electron chi connectivity index (χ0n) is 10.3. The monoisotopic (exact) mass is 387 g/mol. The van der Waals surface area contributed by atoms with Crippen molar-refractivity contribution >= 4 is 50.5 Å². The van der Waals surface area contributed by atoms with Crippen molar-refractivity contribution in [2.45, 2.75) is 0 Å². The van der Waals surface area contributed by atoms with Crippen LogP contribution in [-0.4, -0.2) is 14.8 Å². The molecule has 0 aliphatic heterocycles. The molecule has 0 amide bonds. The van der Waals surface area contributed by atoms with E-state index in [1.54, 1.807) is 34.2 Å². The second kappa shape index (κ2) is 5.48. The van der Waals surface area contributed by atoms with Crippen LogP contribution in [0.2, 0.25) is 10.0 Å². The van der Waals surface area contributed by atoms with E-state index >= 15 is 0 Å². The molecule has 0 unspecified atom stereocenters. The Labute approximate surface area is 138 Å². The van der Waals surface area contributed by atoms with Crippen LogP contribution >= 0.6 is 50.5 Å². The molecular weight excluding hydrogens is 381 g/mol. The highest BCUT2D eigenvalue weighted by molar-refractivity contribution is 9.11. The summed E-state index contributed by atoms with van der Waals surface area (Å²) in [6.45, 7) is 0. The normalized spacial score (nSPS) is 11.0. The van der Waals surface area contributed by atoms with Crippen LogP contribution in [0.1, 0.15) is 0 Å². The molecule has 3 rings (SSSR count). The van der Waals surface area contributed by atoms with E-state index < -0.39 is 0 Å². The number of thiophene rings is 1. The third kappa shape index (κ3) is 2.51. The van der Waals surface area contributed by atoms with E-state index in [2.05, 4.69) is 26.0 Å². The largest absolute Gasteiger partial charge is 0.248 e.